The molecule has 0 radical (unpaired) electrons. The van der Waals surface area contributed by atoms with Crippen LogP contribution in [-0.2, 0) is 32.1 Å². The first kappa shape index (κ1) is 25.4. The first-order chi connectivity index (χ1) is 19.8. The number of benzene rings is 4. The van der Waals surface area contributed by atoms with Gasteiger partial charge in [0.1, 0.15) is 11.5 Å². The van der Waals surface area contributed by atoms with Gasteiger partial charge >= 0.3 is 0 Å². The van der Waals surface area contributed by atoms with Crippen molar-refractivity contribution in [1.29, 1.82) is 0 Å². The van der Waals surface area contributed by atoms with Crippen LogP contribution < -0.4 is 9.47 Å². The Morgan fingerprint density at radius 2 is 1.07 bits per heavy atom. The van der Waals surface area contributed by atoms with Crippen LogP contribution in [-0.4, -0.2) is 13.2 Å². The molecule has 4 aromatic carbocycles. The third-order valence-corrected chi connectivity index (χ3v) is 9.33. The van der Waals surface area contributed by atoms with E-state index in [4.69, 9.17) is 9.47 Å². The lowest BCUT2D eigenvalue weighted by atomic mass is 9.80. The van der Waals surface area contributed by atoms with E-state index in [1.54, 1.807) is 0 Å². The SMILES string of the molecule is CCCc1ccc(-c2ccc(C3COc4ccc5c(c4-c4c(ccc6c4CCCC6)OC3)CCCC5)cc2)cc1. The predicted molar refractivity (Wildman–Crippen MR) is 165 cm³/mol. The minimum absolute atomic E-state index is 0.159. The molecule has 0 bridgehead atoms. The monoisotopic (exact) mass is 528 g/mol. The highest BCUT2D eigenvalue weighted by Crippen LogP contribution is 2.47. The zero-order chi connectivity index (χ0) is 26.9. The van der Waals surface area contributed by atoms with Crippen LogP contribution in [0.5, 0.6) is 11.5 Å². The fourth-order valence-corrected chi connectivity index (χ4v) is 7.12. The zero-order valence-corrected chi connectivity index (χ0v) is 23.8. The van der Waals surface area contributed by atoms with Gasteiger partial charge in [-0.15, -0.1) is 0 Å². The summed E-state index contributed by atoms with van der Waals surface area (Å²) >= 11 is 0. The van der Waals surface area contributed by atoms with Gasteiger partial charge in [-0.05, 0) is 114 Å². The van der Waals surface area contributed by atoms with Gasteiger partial charge in [0.15, 0.2) is 0 Å². The lowest BCUT2D eigenvalue weighted by molar-refractivity contribution is 0.223. The van der Waals surface area contributed by atoms with Crippen LogP contribution in [0.1, 0.15) is 78.3 Å². The molecule has 0 saturated heterocycles. The van der Waals surface area contributed by atoms with E-state index in [2.05, 4.69) is 79.7 Å². The van der Waals surface area contributed by atoms with Crippen molar-refractivity contribution in [3.8, 4) is 33.8 Å². The Kier molecular flexibility index (Phi) is 7.10. The lowest BCUT2D eigenvalue weighted by Gasteiger charge is -2.27. The van der Waals surface area contributed by atoms with E-state index in [1.165, 1.54) is 101 Å². The van der Waals surface area contributed by atoms with Crippen LogP contribution in [0.25, 0.3) is 22.3 Å². The second kappa shape index (κ2) is 11.2. The second-order valence-corrected chi connectivity index (χ2v) is 12.0. The average Bonchev–Trinajstić information content (AvgIpc) is 3.09. The van der Waals surface area contributed by atoms with E-state index in [0.29, 0.717) is 13.2 Å². The Labute approximate surface area is 239 Å². The van der Waals surface area contributed by atoms with Crippen molar-refractivity contribution in [3.05, 3.63) is 106 Å². The molecule has 0 saturated carbocycles. The molecule has 0 unspecified atom stereocenters. The van der Waals surface area contributed by atoms with Crippen molar-refractivity contribution in [2.75, 3.05) is 13.2 Å². The summed E-state index contributed by atoms with van der Waals surface area (Å²) in [5, 5.41) is 0. The Bertz CT molecular complexity index is 1430. The molecule has 0 amide bonds. The number of aryl methyl sites for hydroxylation is 3. The highest BCUT2D eigenvalue weighted by molar-refractivity contribution is 5.84. The van der Waals surface area contributed by atoms with Gasteiger partial charge in [0.2, 0.25) is 0 Å². The first-order valence-electron chi connectivity index (χ1n) is 15.5. The van der Waals surface area contributed by atoms with Crippen molar-refractivity contribution in [1.82, 2.24) is 0 Å². The maximum atomic E-state index is 6.76. The summed E-state index contributed by atoms with van der Waals surface area (Å²) in [7, 11) is 0. The van der Waals surface area contributed by atoms with E-state index in [1.807, 2.05) is 0 Å². The van der Waals surface area contributed by atoms with E-state index < -0.39 is 0 Å². The molecule has 3 aliphatic rings. The number of hydrogen-bond acceptors (Lipinski definition) is 2. The summed E-state index contributed by atoms with van der Waals surface area (Å²) in [6.45, 7) is 3.47. The van der Waals surface area contributed by atoms with E-state index >= 15 is 0 Å². The average molecular weight is 529 g/mol. The van der Waals surface area contributed by atoms with Crippen LogP contribution in [0, 0.1) is 0 Å². The number of fused-ring (bicyclic) bond motifs is 7. The molecule has 0 spiro atoms. The molecule has 0 aromatic heterocycles. The summed E-state index contributed by atoms with van der Waals surface area (Å²) in [5.41, 5.74) is 13.9. The summed E-state index contributed by atoms with van der Waals surface area (Å²) in [4.78, 5) is 0. The zero-order valence-electron chi connectivity index (χ0n) is 23.8. The fraction of sp³-hybridized carbons (Fsp3) is 0.368. The third-order valence-electron chi connectivity index (χ3n) is 9.33. The Morgan fingerprint density at radius 1 is 0.575 bits per heavy atom. The van der Waals surface area contributed by atoms with E-state index in [-0.39, 0.29) is 5.92 Å². The maximum Gasteiger partial charge on any atom is 0.127 e. The molecule has 4 aromatic rings. The van der Waals surface area contributed by atoms with Crippen LogP contribution in [0.4, 0.5) is 0 Å². The molecule has 2 heteroatoms. The molecule has 1 heterocycles. The number of ether oxygens (including phenoxy) is 2. The van der Waals surface area contributed by atoms with Gasteiger partial charge in [0.25, 0.3) is 0 Å². The molecular formula is C38H40O2. The molecule has 1 aliphatic heterocycles. The topological polar surface area (TPSA) is 18.5 Å². The largest absolute Gasteiger partial charge is 0.492 e. The predicted octanol–water partition coefficient (Wildman–Crippen LogP) is 9.29. The minimum atomic E-state index is 0.159. The van der Waals surface area contributed by atoms with Gasteiger partial charge in [0.05, 0.1) is 19.1 Å². The summed E-state index contributed by atoms with van der Waals surface area (Å²) in [6, 6.07) is 27.2. The van der Waals surface area contributed by atoms with Crippen molar-refractivity contribution < 1.29 is 9.47 Å². The van der Waals surface area contributed by atoms with E-state index in [9.17, 15) is 0 Å². The fourth-order valence-electron chi connectivity index (χ4n) is 7.12. The molecule has 7 rings (SSSR count). The number of rotatable bonds is 4. The van der Waals surface area contributed by atoms with Crippen LogP contribution in [0.2, 0.25) is 0 Å². The summed E-state index contributed by atoms with van der Waals surface area (Å²) in [5.74, 6) is 2.24. The highest BCUT2D eigenvalue weighted by Gasteiger charge is 2.28. The van der Waals surface area contributed by atoms with Crippen molar-refractivity contribution in [2.45, 2.75) is 77.0 Å². The molecule has 40 heavy (non-hydrogen) atoms. The molecule has 0 N–H and O–H groups in total. The van der Waals surface area contributed by atoms with Gasteiger partial charge in [-0.3, -0.25) is 0 Å². The second-order valence-electron chi connectivity index (χ2n) is 12.0. The standard InChI is InChI=1S/C38H40O2/c1-2-7-26-12-14-27(15-13-26)28-16-18-29(19-17-28)32-24-39-35-22-20-30-8-3-5-10-33(30)37(35)38-34-11-6-4-9-31(34)21-23-36(38)40-25-32/h12-23,32H,2-11,24-25H2,1H3. The molecule has 0 atom stereocenters. The van der Waals surface area contributed by atoms with Gasteiger partial charge < -0.3 is 9.47 Å². The quantitative estimate of drug-likeness (QED) is 0.263. The van der Waals surface area contributed by atoms with Crippen molar-refractivity contribution in [2.24, 2.45) is 0 Å². The summed E-state index contributed by atoms with van der Waals surface area (Å²) < 4.78 is 13.5. The molecule has 0 fully saturated rings. The molecular weight excluding hydrogens is 488 g/mol. The first-order valence-corrected chi connectivity index (χ1v) is 15.5. The normalized spacial score (nSPS) is 16.6. The maximum absolute atomic E-state index is 6.76. The lowest BCUT2D eigenvalue weighted by Crippen LogP contribution is -2.17. The van der Waals surface area contributed by atoms with Crippen LogP contribution in [0.15, 0.2) is 72.8 Å². The minimum Gasteiger partial charge on any atom is -0.492 e. The van der Waals surface area contributed by atoms with Crippen LogP contribution >= 0.6 is 0 Å². The van der Waals surface area contributed by atoms with Gasteiger partial charge in [0, 0.05) is 11.1 Å². The Morgan fingerprint density at radius 3 is 1.60 bits per heavy atom. The smallest absolute Gasteiger partial charge is 0.127 e. The number of hydrogen-bond donors (Lipinski definition) is 0. The Hall–Kier alpha value is -3.52. The van der Waals surface area contributed by atoms with Gasteiger partial charge in [-0.2, -0.15) is 0 Å². The van der Waals surface area contributed by atoms with Crippen molar-refractivity contribution >= 4 is 0 Å². The molecule has 2 aliphatic carbocycles. The van der Waals surface area contributed by atoms with E-state index in [0.717, 1.165) is 30.8 Å². The third kappa shape index (κ3) is 4.83. The molecule has 2 nitrogen and oxygen atoms in total. The summed E-state index contributed by atoms with van der Waals surface area (Å²) in [6.07, 6.45) is 12.0. The van der Waals surface area contributed by atoms with Crippen LogP contribution in [0.3, 0.4) is 0 Å². The van der Waals surface area contributed by atoms with Gasteiger partial charge in [-0.1, -0.05) is 74.0 Å². The molecule has 204 valence electrons. The Balaban J connectivity index is 1.24. The van der Waals surface area contributed by atoms with Gasteiger partial charge in [-0.25, -0.2) is 0 Å². The highest BCUT2D eigenvalue weighted by atomic mass is 16.5. The van der Waals surface area contributed by atoms with Crippen molar-refractivity contribution in [3.63, 3.8) is 0 Å².